The van der Waals surface area contributed by atoms with E-state index >= 15 is 0 Å². The third-order valence-corrected chi connectivity index (χ3v) is 4.91. The van der Waals surface area contributed by atoms with E-state index in [4.69, 9.17) is 11.6 Å². The van der Waals surface area contributed by atoms with Crippen LogP contribution in [0.5, 0.6) is 0 Å². The number of urea groups is 1. The molecule has 0 bridgehead atoms. The normalized spacial score (nSPS) is 18.4. The van der Waals surface area contributed by atoms with Crippen LogP contribution in [0.3, 0.4) is 0 Å². The summed E-state index contributed by atoms with van der Waals surface area (Å²) in [5, 5.41) is 5.61. The molecule has 4 nitrogen and oxygen atoms in total. The van der Waals surface area contributed by atoms with Crippen LogP contribution in [0.1, 0.15) is 23.6 Å². The molecule has 0 saturated carbocycles. The lowest BCUT2D eigenvalue weighted by Crippen LogP contribution is -2.49. The van der Waals surface area contributed by atoms with Gasteiger partial charge in [0, 0.05) is 42.4 Å². The van der Waals surface area contributed by atoms with Gasteiger partial charge in [-0.15, -0.1) is 0 Å². The number of hydrogen-bond acceptors (Lipinski definition) is 2. The Morgan fingerprint density at radius 1 is 1.11 bits per heavy atom. The van der Waals surface area contributed by atoms with Gasteiger partial charge < -0.3 is 4.90 Å². The molecule has 8 heteroatoms. The third-order valence-electron chi connectivity index (χ3n) is 4.68. The van der Waals surface area contributed by atoms with Crippen molar-refractivity contribution in [1.82, 2.24) is 9.91 Å². The quantitative estimate of drug-likeness (QED) is 0.692. The highest BCUT2D eigenvalue weighted by Crippen LogP contribution is 2.32. The second-order valence-corrected chi connectivity index (χ2v) is 7.14. The molecule has 2 heterocycles. The zero-order valence-electron chi connectivity index (χ0n) is 14.6. The number of hydrogen-bond donors (Lipinski definition) is 0. The van der Waals surface area contributed by atoms with Gasteiger partial charge in [-0.1, -0.05) is 17.7 Å². The van der Waals surface area contributed by atoms with Crippen molar-refractivity contribution in [3.8, 4) is 0 Å². The Kier molecular flexibility index (Phi) is 4.85. The van der Waals surface area contributed by atoms with Crippen molar-refractivity contribution in [2.45, 2.75) is 12.5 Å². The van der Waals surface area contributed by atoms with Crippen molar-refractivity contribution < 1.29 is 18.0 Å². The van der Waals surface area contributed by atoms with Crippen molar-refractivity contribution in [2.24, 2.45) is 5.10 Å². The molecule has 0 N–H and O–H groups in total. The number of halogens is 4. The van der Waals surface area contributed by atoms with Crippen LogP contribution in [-0.2, 0) is 0 Å². The molecule has 2 amide bonds. The van der Waals surface area contributed by atoms with E-state index in [2.05, 4.69) is 5.10 Å². The van der Waals surface area contributed by atoms with Crippen molar-refractivity contribution in [2.75, 3.05) is 13.1 Å². The molecule has 1 saturated heterocycles. The molecule has 0 aromatic heterocycles. The molecule has 0 aliphatic carbocycles. The highest BCUT2D eigenvalue weighted by molar-refractivity contribution is 6.30. The van der Waals surface area contributed by atoms with Crippen LogP contribution in [0.2, 0.25) is 5.02 Å². The van der Waals surface area contributed by atoms with Gasteiger partial charge in [0.25, 0.3) is 0 Å². The predicted octanol–water partition coefficient (Wildman–Crippen LogP) is 5.01. The van der Waals surface area contributed by atoms with Gasteiger partial charge in [-0.25, -0.2) is 23.0 Å². The summed E-state index contributed by atoms with van der Waals surface area (Å²) >= 11 is 5.74. The summed E-state index contributed by atoms with van der Waals surface area (Å²) < 4.78 is 40.9. The molecule has 2 aliphatic heterocycles. The second-order valence-electron chi connectivity index (χ2n) is 6.70. The van der Waals surface area contributed by atoms with Crippen LogP contribution >= 0.6 is 11.6 Å². The molecule has 4 rings (SSSR count). The van der Waals surface area contributed by atoms with E-state index < -0.39 is 23.5 Å². The van der Waals surface area contributed by atoms with Crippen LogP contribution in [-0.4, -0.2) is 35.2 Å². The molecule has 0 spiro atoms. The van der Waals surface area contributed by atoms with E-state index in [1.54, 1.807) is 24.4 Å². The maximum Gasteiger partial charge on any atom is 0.341 e. The number of carbonyl (C=O) groups is 1. The monoisotopic (exact) mass is 405 g/mol. The van der Waals surface area contributed by atoms with Crippen LogP contribution in [0.15, 0.2) is 47.1 Å². The van der Waals surface area contributed by atoms with Crippen LogP contribution in [0.25, 0.3) is 6.08 Å². The molecular formula is C20H15ClF3N3O. The summed E-state index contributed by atoms with van der Waals surface area (Å²) in [6, 6.07) is 6.68. The smallest absolute Gasteiger partial charge is 0.315 e. The first-order valence-corrected chi connectivity index (χ1v) is 8.99. The van der Waals surface area contributed by atoms with E-state index in [1.165, 1.54) is 28.1 Å². The minimum Gasteiger partial charge on any atom is -0.315 e. The van der Waals surface area contributed by atoms with Gasteiger partial charge in [0.05, 0.1) is 6.04 Å². The Bertz CT molecular complexity index is 980. The van der Waals surface area contributed by atoms with E-state index in [-0.39, 0.29) is 6.03 Å². The number of rotatable bonds is 2. The zero-order chi connectivity index (χ0) is 19.8. The maximum atomic E-state index is 13.9. The lowest BCUT2D eigenvalue weighted by molar-refractivity contribution is 0.136. The van der Waals surface area contributed by atoms with E-state index in [0.29, 0.717) is 35.7 Å². The Morgan fingerprint density at radius 2 is 1.82 bits per heavy atom. The number of carbonyl (C=O) groups excluding carboxylic acids is 1. The fraction of sp³-hybridized carbons (Fsp3) is 0.200. The second kappa shape index (κ2) is 7.31. The predicted molar refractivity (Wildman–Crippen MR) is 100 cm³/mol. The van der Waals surface area contributed by atoms with Gasteiger partial charge in [-0.05, 0) is 41.5 Å². The summed E-state index contributed by atoms with van der Waals surface area (Å²) in [4.78, 5) is 14.3. The van der Waals surface area contributed by atoms with Crippen LogP contribution < -0.4 is 0 Å². The molecule has 2 aromatic carbocycles. The van der Waals surface area contributed by atoms with Gasteiger partial charge >= 0.3 is 6.03 Å². The number of likely N-dealkylation sites (tertiary alicyclic amines) is 1. The number of nitrogens with zero attached hydrogens (tertiary/aromatic N) is 3. The minimum atomic E-state index is -0.701. The summed E-state index contributed by atoms with van der Waals surface area (Å²) in [6.45, 7) is 0.661. The Balaban J connectivity index is 1.45. The first-order valence-electron chi connectivity index (χ1n) is 8.62. The molecule has 1 fully saturated rings. The van der Waals surface area contributed by atoms with Crippen molar-refractivity contribution in [1.29, 1.82) is 0 Å². The standard InChI is InChI=1S/C20H15ClF3N3O/c21-15-2-1-13(18(24)8-15)5-12-10-26(11-12)20(28)27-19(3-4-25-27)14-6-16(22)9-17(23)7-14/h1-2,4-9,19H,3,10-11H2/t19-/m0/s1. The van der Waals surface area contributed by atoms with Crippen molar-refractivity contribution in [3.05, 3.63) is 75.6 Å². The van der Waals surface area contributed by atoms with Gasteiger partial charge in [0.15, 0.2) is 0 Å². The summed E-state index contributed by atoms with van der Waals surface area (Å²) in [5.41, 5.74) is 1.63. The first-order chi connectivity index (χ1) is 13.4. The highest BCUT2D eigenvalue weighted by Gasteiger charge is 2.35. The Labute approximate surface area is 164 Å². The maximum absolute atomic E-state index is 13.9. The average molecular weight is 406 g/mol. The van der Waals surface area contributed by atoms with E-state index in [9.17, 15) is 18.0 Å². The summed E-state index contributed by atoms with van der Waals surface area (Å²) in [6.07, 6.45) is 3.61. The number of benzene rings is 2. The van der Waals surface area contributed by atoms with E-state index in [1.807, 2.05) is 0 Å². The Hall–Kier alpha value is -2.80. The fourth-order valence-electron chi connectivity index (χ4n) is 3.30. The molecule has 0 radical (unpaired) electrons. The molecule has 28 heavy (non-hydrogen) atoms. The topological polar surface area (TPSA) is 35.9 Å². The number of amides is 2. The fourth-order valence-corrected chi connectivity index (χ4v) is 3.46. The number of hydrazone groups is 1. The van der Waals surface area contributed by atoms with Gasteiger partial charge in [-0.2, -0.15) is 5.10 Å². The minimum absolute atomic E-state index is 0.316. The van der Waals surface area contributed by atoms with Crippen molar-refractivity contribution in [3.63, 3.8) is 0 Å². The molecule has 144 valence electrons. The Morgan fingerprint density at radius 3 is 2.50 bits per heavy atom. The highest BCUT2D eigenvalue weighted by atomic mass is 35.5. The van der Waals surface area contributed by atoms with Gasteiger partial charge in [0.1, 0.15) is 17.5 Å². The molecule has 2 aromatic rings. The summed E-state index contributed by atoms with van der Waals surface area (Å²) in [7, 11) is 0. The van der Waals surface area contributed by atoms with Crippen LogP contribution in [0, 0.1) is 17.5 Å². The molecule has 2 aliphatic rings. The third kappa shape index (κ3) is 3.62. The van der Waals surface area contributed by atoms with Crippen molar-refractivity contribution >= 4 is 29.9 Å². The lowest BCUT2D eigenvalue weighted by Gasteiger charge is -2.37. The van der Waals surface area contributed by atoms with E-state index in [0.717, 1.165) is 11.6 Å². The van der Waals surface area contributed by atoms with Crippen LogP contribution in [0.4, 0.5) is 18.0 Å². The molecular weight excluding hydrogens is 391 g/mol. The molecule has 1 atom stereocenters. The first kappa shape index (κ1) is 18.6. The lowest BCUT2D eigenvalue weighted by atomic mass is 10.0. The average Bonchev–Trinajstić information content (AvgIpc) is 3.07. The zero-order valence-corrected chi connectivity index (χ0v) is 15.3. The largest absolute Gasteiger partial charge is 0.341 e. The molecule has 0 unspecified atom stereocenters. The summed E-state index contributed by atoms with van der Waals surface area (Å²) in [5.74, 6) is -1.83. The SMILES string of the molecule is O=C(N1CC(=Cc2ccc(Cl)cc2F)C1)N1N=CC[C@H]1c1cc(F)cc(F)c1. The van der Waals surface area contributed by atoms with Gasteiger partial charge in [-0.3, -0.25) is 0 Å². The van der Waals surface area contributed by atoms with Gasteiger partial charge in [0.2, 0.25) is 0 Å².